The molecule has 2 amide bonds. The summed E-state index contributed by atoms with van der Waals surface area (Å²) in [7, 11) is 0. The number of benzene rings is 1. The minimum absolute atomic E-state index is 0.00884. The van der Waals surface area contributed by atoms with Gasteiger partial charge < -0.3 is 14.8 Å². The van der Waals surface area contributed by atoms with Gasteiger partial charge in [-0.2, -0.15) is 0 Å². The quantitative estimate of drug-likeness (QED) is 0.809. The second kappa shape index (κ2) is 8.91. The summed E-state index contributed by atoms with van der Waals surface area (Å²) in [6, 6.07) is 12.4. The van der Waals surface area contributed by atoms with E-state index < -0.39 is 0 Å². The van der Waals surface area contributed by atoms with E-state index >= 15 is 0 Å². The van der Waals surface area contributed by atoms with Crippen LogP contribution in [0, 0.1) is 19.8 Å². The molecule has 148 valence electrons. The van der Waals surface area contributed by atoms with Gasteiger partial charge in [-0.05, 0) is 62.4 Å². The standard InChI is InChI=1S/C23H29N3O2/c1-17-15-21(18(2)26(17)22-7-5-4-6-8-22)9-10-23(28)25-13-11-20(12-14-25)16-24-19(3)27/h4-10,15,20H,11-14,16H2,1-3H3,(H,24,27). The van der Waals surface area contributed by atoms with Gasteiger partial charge in [0, 0.05) is 49.7 Å². The summed E-state index contributed by atoms with van der Waals surface area (Å²) in [4.78, 5) is 25.5. The van der Waals surface area contributed by atoms with E-state index in [-0.39, 0.29) is 11.8 Å². The molecule has 1 aromatic heterocycles. The lowest BCUT2D eigenvalue weighted by Gasteiger charge is -2.31. The van der Waals surface area contributed by atoms with E-state index in [0.29, 0.717) is 12.5 Å². The smallest absolute Gasteiger partial charge is 0.246 e. The van der Waals surface area contributed by atoms with Crippen LogP contribution in [0.25, 0.3) is 11.8 Å². The normalized spacial score (nSPS) is 15.2. The number of piperidine rings is 1. The van der Waals surface area contributed by atoms with Crippen molar-refractivity contribution in [2.24, 2.45) is 5.92 Å². The van der Waals surface area contributed by atoms with Crippen molar-refractivity contribution < 1.29 is 9.59 Å². The first-order chi connectivity index (χ1) is 13.5. The van der Waals surface area contributed by atoms with Gasteiger partial charge in [0.15, 0.2) is 0 Å². The van der Waals surface area contributed by atoms with Crippen LogP contribution in [0.4, 0.5) is 0 Å². The molecule has 0 atom stereocenters. The molecule has 5 nitrogen and oxygen atoms in total. The lowest BCUT2D eigenvalue weighted by Crippen LogP contribution is -2.40. The monoisotopic (exact) mass is 379 g/mol. The maximum absolute atomic E-state index is 12.6. The van der Waals surface area contributed by atoms with Crippen molar-refractivity contribution in [1.82, 2.24) is 14.8 Å². The van der Waals surface area contributed by atoms with E-state index in [0.717, 1.165) is 48.6 Å². The van der Waals surface area contributed by atoms with Gasteiger partial charge in [0.05, 0.1) is 0 Å². The van der Waals surface area contributed by atoms with Crippen molar-refractivity contribution in [2.45, 2.75) is 33.6 Å². The summed E-state index contributed by atoms with van der Waals surface area (Å²) in [5.74, 6) is 0.527. The summed E-state index contributed by atoms with van der Waals surface area (Å²) >= 11 is 0. The molecule has 1 aliphatic rings. The first kappa shape index (κ1) is 19.9. The highest BCUT2D eigenvalue weighted by Gasteiger charge is 2.21. The molecule has 0 bridgehead atoms. The summed E-state index contributed by atoms with van der Waals surface area (Å²) in [5, 5.41) is 2.87. The van der Waals surface area contributed by atoms with Gasteiger partial charge in [-0.3, -0.25) is 9.59 Å². The Balaban J connectivity index is 1.62. The molecule has 5 heteroatoms. The van der Waals surface area contributed by atoms with Crippen LogP contribution < -0.4 is 5.32 Å². The predicted octanol–water partition coefficient (Wildman–Crippen LogP) is 3.48. The highest BCUT2D eigenvalue weighted by molar-refractivity contribution is 5.92. The molecule has 28 heavy (non-hydrogen) atoms. The molecule has 2 heterocycles. The largest absolute Gasteiger partial charge is 0.356 e. The number of nitrogens with one attached hydrogen (secondary N) is 1. The Labute approximate surface area is 167 Å². The molecule has 0 saturated carbocycles. The van der Waals surface area contributed by atoms with Crippen molar-refractivity contribution in [2.75, 3.05) is 19.6 Å². The van der Waals surface area contributed by atoms with Crippen LogP contribution >= 0.6 is 0 Å². The van der Waals surface area contributed by atoms with Gasteiger partial charge in [0.25, 0.3) is 0 Å². The van der Waals surface area contributed by atoms with Crippen molar-refractivity contribution >= 4 is 17.9 Å². The van der Waals surface area contributed by atoms with Gasteiger partial charge in [0.2, 0.25) is 11.8 Å². The van der Waals surface area contributed by atoms with Crippen LogP contribution in [-0.4, -0.2) is 40.9 Å². The third-order valence-corrected chi connectivity index (χ3v) is 5.46. The van der Waals surface area contributed by atoms with Crippen molar-refractivity contribution in [3.63, 3.8) is 0 Å². The minimum Gasteiger partial charge on any atom is -0.356 e. The molecule has 0 spiro atoms. The number of rotatable bonds is 5. The molecule has 0 radical (unpaired) electrons. The Hall–Kier alpha value is -2.82. The fraction of sp³-hybridized carbons (Fsp3) is 0.391. The Morgan fingerprint density at radius 3 is 2.46 bits per heavy atom. The average Bonchev–Trinajstić information content (AvgIpc) is 2.98. The van der Waals surface area contributed by atoms with Crippen LogP contribution in [0.15, 0.2) is 42.5 Å². The number of aryl methyl sites for hydroxylation is 1. The van der Waals surface area contributed by atoms with Crippen LogP contribution in [0.2, 0.25) is 0 Å². The van der Waals surface area contributed by atoms with Crippen molar-refractivity contribution in [1.29, 1.82) is 0 Å². The Bertz CT molecular complexity index is 859. The van der Waals surface area contributed by atoms with E-state index in [4.69, 9.17) is 0 Å². The van der Waals surface area contributed by atoms with Gasteiger partial charge in [-0.15, -0.1) is 0 Å². The van der Waals surface area contributed by atoms with Gasteiger partial charge in [-0.25, -0.2) is 0 Å². The molecule has 0 aliphatic carbocycles. The zero-order chi connectivity index (χ0) is 20.1. The average molecular weight is 380 g/mol. The second-order valence-corrected chi connectivity index (χ2v) is 7.54. The number of amides is 2. The van der Waals surface area contributed by atoms with Crippen LogP contribution in [-0.2, 0) is 9.59 Å². The number of hydrogen-bond acceptors (Lipinski definition) is 2. The van der Waals surface area contributed by atoms with E-state index in [1.165, 1.54) is 6.92 Å². The maximum atomic E-state index is 12.6. The summed E-state index contributed by atoms with van der Waals surface area (Å²) < 4.78 is 2.21. The van der Waals surface area contributed by atoms with Crippen molar-refractivity contribution in [3.8, 4) is 5.69 Å². The highest BCUT2D eigenvalue weighted by Crippen LogP contribution is 2.22. The van der Waals surface area contributed by atoms with E-state index in [9.17, 15) is 9.59 Å². The zero-order valence-corrected chi connectivity index (χ0v) is 16.9. The lowest BCUT2D eigenvalue weighted by atomic mass is 9.96. The summed E-state index contributed by atoms with van der Waals surface area (Å²) in [5.41, 5.74) is 4.47. The third-order valence-electron chi connectivity index (χ3n) is 5.46. The fourth-order valence-electron chi connectivity index (χ4n) is 3.84. The first-order valence-electron chi connectivity index (χ1n) is 9.91. The topological polar surface area (TPSA) is 54.3 Å². The molecular formula is C23H29N3O2. The zero-order valence-electron chi connectivity index (χ0n) is 16.9. The van der Waals surface area contributed by atoms with E-state index in [1.807, 2.05) is 29.2 Å². The number of carbonyl (C=O) groups is 2. The first-order valence-corrected chi connectivity index (χ1v) is 9.91. The molecule has 0 unspecified atom stereocenters. The van der Waals surface area contributed by atoms with Gasteiger partial charge in [0.1, 0.15) is 0 Å². The molecule has 1 saturated heterocycles. The van der Waals surface area contributed by atoms with Gasteiger partial charge >= 0.3 is 0 Å². The molecule has 3 rings (SSSR count). The Kier molecular flexibility index (Phi) is 6.34. The van der Waals surface area contributed by atoms with Crippen LogP contribution in [0.3, 0.4) is 0 Å². The number of para-hydroxylation sites is 1. The second-order valence-electron chi connectivity index (χ2n) is 7.54. The van der Waals surface area contributed by atoms with E-state index in [2.05, 4.69) is 41.9 Å². The maximum Gasteiger partial charge on any atom is 0.246 e. The Morgan fingerprint density at radius 1 is 1.14 bits per heavy atom. The molecule has 1 aliphatic heterocycles. The SMILES string of the molecule is CC(=O)NCC1CCN(C(=O)C=Cc2cc(C)n(-c3ccccc3)c2C)CC1. The van der Waals surface area contributed by atoms with Crippen LogP contribution in [0.1, 0.15) is 36.7 Å². The molecule has 2 aromatic rings. The number of carbonyl (C=O) groups excluding carboxylic acids is 2. The predicted molar refractivity (Wildman–Crippen MR) is 112 cm³/mol. The third kappa shape index (κ3) is 4.71. The minimum atomic E-state index is 0.00884. The highest BCUT2D eigenvalue weighted by atomic mass is 16.2. The Morgan fingerprint density at radius 2 is 1.82 bits per heavy atom. The molecule has 1 fully saturated rings. The lowest BCUT2D eigenvalue weighted by molar-refractivity contribution is -0.127. The van der Waals surface area contributed by atoms with E-state index in [1.54, 1.807) is 6.08 Å². The van der Waals surface area contributed by atoms with Crippen LogP contribution in [0.5, 0.6) is 0 Å². The number of likely N-dealkylation sites (tertiary alicyclic amines) is 1. The fourth-order valence-corrected chi connectivity index (χ4v) is 3.84. The molecule has 1 aromatic carbocycles. The molecular weight excluding hydrogens is 350 g/mol. The summed E-state index contributed by atoms with van der Waals surface area (Å²) in [6.07, 6.45) is 5.48. The van der Waals surface area contributed by atoms with Gasteiger partial charge in [-0.1, -0.05) is 18.2 Å². The number of aromatic nitrogens is 1. The van der Waals surface area contributed by atoms with Crippen molar-refractivity contribution in [3.05, 3.63) is 59.4 Å². The molecule has 1 N–H and O–H groups in total. The number of hydrogen-bond donors (Lipinski definition) is 1. The summed E-state index contributed by atoms with van der Waals surface area (Å²) in [6.45, 7) is 7.90. The number of nitrogens with zero attached hydrogens (tertiary/aromatic N) is 2.